The minimum absolute atomic E-state index is 0.0148. The van der Waals surface area contributed by atoms with Gasteiger partial charge in [-0.05, 0) is 51.8 Å². The molecule has 0 saturated carbocycles. The largest absolute Gasteiger partial charge is 0.391 e. The number of aliphatic hydroxyl groups is 1. The molecule has 1 fully saturated rings. The Morgan fingerprint density at radius 2 is 1.93 bits per heavy atom. The Morgan fingerprint density at radius 3 is 2.58 bits per heavy atom. The van der Waals surface area contributed by atoms with E-state index in [0.717, 1.165) is 33.2 Å². The van der Waals surface area contributed by atoms with E-state index in [2.05, 4.69) is 35.2 Å². The fourth-order valence-corrected chi connectivity index (χ4v) is 6.48. The highest BCUT2D eigenvalue weighted by Crippen LogP contribution is 2.40. The number of hydrogen-bond donors (Lipinski definition) is 4. The van der Waals surface area contributed by atoms with Gasteiger partial charge in [0.1, 0.15) is 0 Å². The lowest BCUT2D eigenvalue weighted by atomic mass is 10.0. The van der Waals surface area contributed by atoms with E-state index in [1.54, 1.807) is 33.2 Å². The second-order valence-electron chi connectivity index (χ2n) is 10.3. The van der Waals surface area contributed by atoms with Gasteiger partial charge in [0.15, 0.2) is 10.3 Å². The molecule has 1 unspecified atom stereocenters. The number of sulfonamides is 1. The first-order chi connectivity index (χ1) is 18.9. The second-order valence-corrected chi connectivity index (χ2v) is 14.6. The molecule has 0 radical (unpaired) electrons. The zero-order valence-electron chi connectivity index (χ0n) is 22.4. The van der Waals surface area contributed by atoms with Crippen molar-refractivity contribution < 1.29 is 18.3 Å². The van der Waals surface area contributed by atoms with E-state index in [9.17, 15) is 18.3 Å². The molecule has 3 aromatic heterocycles. The smallest absolute Gasteiger partial charge is 0.321 e. The van der Waals surface area contributed by atoms with Gasteiger partial charge >= 0.3 is 6.03 Å². The van der Waals surface area contributed by atoms with Gasteiger partial charge in [-0.15, -0.1) is 11.3 Å². The summed E-state index contributed by atoms with van der Waals surface area (Å²) >= 11 is 2.86. The summed E-state index contributed by atoms with van der Waals surface area (Å²) in [5.41, 5.74) is 3.65. The number of rotatable bonds is 7. The molecule has 4 heterocycles. The highest BCUT2D eigenvalue weighted by atomic mass is 32.2. The maximum Gasteiger partial charge on any atom is 0.321 e. The van der Waals surface area contributed by atoms with Crippen LogP contribution >= 0.6 is 22.7 Å². The van der Waals surface area contributed by atoms with Gasteiger partial charge in [0.05, 0.1) is 26.8 Å². The summed E-state index contributed by atoms with van der Waals surface area (Å²) in [6, 6.07) is 3.50. The number of benzene rings is 1. The van der Waals surface area contributed by atoms with Crippen molar-refractivity contribution in [1.29, 1.82) is 0 Å². The fraction of sp³-hybridized carbons (Fsp3) is 0.400. The van der Waals surface area contributed by atoms with Crippen LogP contribution in [-0.2, 0) is 10.0 Å². The zero-order valence-corrected chi connectivity index (χ0v) is 24.9. The van der Waals surface area contributed by atoms with Crippen molar-refractivity contribution in [2.75, 3.05) is 34.6 Å². The molecule has 1 atom stereocenters. The zero-order chi connectivity index (χ0) is 28.7. The SMILES string of the molecule is CCNC(=O)Nc1nc2cc(-c3cnc(NS(=O)(=O)C(C)(C)C)nc3)cc(-c3csc(N4CCC(O)C4)n3)c2s1. The quantitative estimate of drug-likeness (QED) is 0.244. The molecule has 4 aromatic rings. The molecule has 1 aliphatic heterocycles. The van der Waals surface area contributed by atoms with E-state index in [1.807, 2.05) is 24.4 Å². The minimum Gasteiger partial charge on any atom is -0.391 e. The lowest BCUT2D eigenvalue weighted by Gasteiger charge is -2.19. The molecule has 1 saturated heterocycles. The summed E-state index contributed by atoms with van der Waals surface area (Å²) in [5, 5.41) is 18.7. The molecule has 1 aromatic carbocycles. The number of carbonyl (C=O) groups is 1. The molecule has 1 aliphatic rings. The number of amides is 2. The number of carbonyl (C=O) groups excluding carboxylic acids is 1. The van der Waals surface area contributed by atoms with Gasteiger partial charge in [0.25, 0.3) is 0 Å². The molecule has 212 valence electrons. The first-order valence-corrected chi connectivity index (χ1v) is 15.8. The highest BCUT2D eigenvalue weighted by molar-refractivity contribution is 7.94. The molecule has 4 N–H and O–H groups in total. The van der Waals surface area contributed by atoms with E-state index in [-0.39, 0.29) is 18.1 Å². The average molecular weight is 603 g/mol. The van der Waals surface area contributed by atoms with Crippen LogP contribution < -0.4 is 20.3 Å². The Labute approximate surface area is 240 Å². The third-order valence-electron chi connectivity index (χ3n) is 6.27. The van der Waals surface area contributed by atoms with Crippen molar-refractivity contribution in [3.05, 3.63) is 29.9 Å². The number of urea groups is 1. The van der Waals surface area contributed by atoms with Gasteiger partial charge in [0, 0.05) is 48.5 Å². The monoisotopic (exact) mass is 602 g/mol. The van der Waals surface area contributed by atoms with Gasteiger partial charge < -0.3 is 15.3 Å². The van der Waals surface area contributed by atoms with E-state index in [0.29, 0.717) is 35.7 Å². The van der Waals surface area contributed by atoms with Gasteiger partial charge in [-0.3, -0.25) is 10.0 Å². The highest BCUT2D eigenvalue weighted by Gasteiger charge is 2.30. The van der Waals surface area contributed by atoms with Crippen LogP contribution in [0.5, 0.6) is 0 Å². The molecule has 2 amide bonds. The van der Waals surface area contributed by atoms with E-state index in [4.69, 9.17) is 4.98 Å². The third kappa shape index (κ3) is 5.87. The van der Waals surface area contributed by atoms with Crippen molar-refractivity contribution >= 4 is 65.2 Å². The molecule has 40 heavy (non-hydrogen) atoms. The van der Waals surface area contributed by atoms with Gasteiger partial charge in [-0.25, -0.2) is 33.1 Å². The molecule has 12 nitrogen and oxygen atoms in total. The summed E-state index contributed by atoms with van der Waals surface area (Å²) in [6.45, 7) is 8.40. The van der Waals surface area contributed by atoms with Crippen molar-refractivity contribution in [2.45, 2.75) is 45.0 Å². The Bertz CT molecular complexity index is 1640. The average Bonchev–Trinajstić information content (AvgIpc) is 3.62. The molecular formula is C25H30N8O4S3. The summed E-state index contributed by atoms with van der Waals surface area (Å²) in [6.07, 6.45) is 3.45. The number of anilines is 3. The Morgan fingerprint density at radius 1 is 1.18 bits per heavy atom. The Kier molecular flexibility index (Phi) is 7.65. The van der Waals surface area contributed by atoms with Crippen LogP contribution in [-0.4, -0.2) is 70.0 Å². The number of aromatic nitrogens is 4. The number of nitrogens with one attached hydrogen (secondary N) is 3. The maximum atomic E-state index is 12.5. The summed E-state index contributed by atoms with van der Waals surface area (Å²) < 4.78 is 27.3. The standard InChI is InChI=1S/C25H30N8O4S3/c1-5-26-22(35)31-23-29-18-9-14(15-10-27-21(28-11-15)32-40(36,37)25(2,3)4)8-17(20(18)39-23)19-13-38-24(30-19)33-7-6-16(34)12-33/h8-11,13,16,34H,5-7,12H2,1-4H3,(H,27,28,32)(H2,26,29,31,35). The predicted octanol–water partition coefficient (Wildman–Crippen LogP) is 4.13. The molecular weight excluding hydrogens is 573 g/mol. The topological polar surface area (TPSA) is 162 Å². The molecule has 0 bridgehead atoms. The maximum absolute atomic E-state index is 12.5. The third-order valence-corrected chi connectivity index (χ3v) is 10.3. The van der Waals surface area contributed by atoms with Gasteiger partial charge in [0.2, 0.25) is 16.0 Å². The van der Waals surface area contributed by atoms with E-state index in [1.165, 1.54) is 22.7 Å². The Balaban J connectivity index is 1.53. The summed E-state index contributed by atoms with van der Waals surface area (Å²) in [4.78, 5) is 32.2. The number of β-amino-alcohol motifs (C(OH)–C–C–N with tert-alkyl or cyclic N) is 1. The number of aliphatic hydroxyl groups excluding tert-OH is 1. The summed E-state index contributed by atoms with van der Waals surface area (Å²) in [5.74, 6) is -0.0148. The lowest BCUT2D eigenvalue weighted by molar-refractivity contribution is 0.198. The van der Waals surface area contributed by atoms with Crippen LogP contribution in [0.4, 0.5) is 21.0 Å². The first-order valence-electron chi connectivity index (χ1n) is 12.7. The van der Waals surface area contributed by atoms with Gasteiger partial charge in [-0.2, -0.15) is 0 Å². The predicted molar refractivity (Wildman–Crippen MR) is 160 cm³/mol. The van der Waals surface area contributed by atoms with E-state index < -0.39 is 14.8 Å². The molecule has 0 aliphatic carbocycles. The number of thiazole rings is 2. The summed E-state index contributed by atoms with van der Waals surface area (Å²) in [7, 11) is -3.67. The normalized spacial score (nSPS) is 15.9. The molecule has 0 spiro atoms. The first kappa shape index (κ1) is 28.1. The molecule has 15 heteroatoms. The van der Waals surface area contributed by atoms with Crippen molar-refractivity contribution in [1.82, 2.24) is 25.3 Å². The van der Waals surface area contributed by atoms with Crippen molar-refractivity contribution in [3.63, 3.8) is 0 Å². The second kappa shape index (κ2) is 10.9. The minimum atomic E-state index is -3.67. The number of hydrogen-bond acceptors (Lipinski definition) is 11. The van der Waals surface area contributed by atoms with Crippen LogP contribution in [0, 0.1) is 0 Å². The van der Waals surface area contributed by atoms with Crippen LogP contribution in [0.25, 0.3) is 32.6 Å². The Hall–Kier alpha value is -3.40. The van der Waals surface area contributed by atoms with Crippen LogP contribution in [0.15, 0.2) is 29.9 Å². The number of nitrogens with zero attached hydrogens (tertiary/aromatic N) is 5. The van der Waals surface area contributed by atoms with E-state index >= 15 is 0 Å². The lowest BCUT2D eigenvalue weighted by Crippen LogP contribution is -2.34. The molecule has 5 rings (SSSR count). The number of fused-ring (bicyclic) bond motifs is 1. The van der Waals surface area contributed by atoms with Crippen LogP contribution in [0.1, 0.15) is 34.1 Å². The fourth-order valence-electron chi connectivity index (χ4n) is 4.00. The van der Waals surface area contributed by atoms with Crippen LogP contribution in [0.2, 0.25) is 0 Å². The van der Waals surface area contributed by atoms with Gasteiger partial charge in [-0.1, -0.05) is 11.3 Å². The van der Waals surface area contributed by atoms with Crippen LogP contribution in [0.3, 0.4) is 0 Å². The van der Waals surface area contributed by atoms with Crippen molar-refractivity contribution in [3.8, 4) is 22.4 Å². The van der Waals surface area contributed by atoms with Crippen molar-refractivity contribution in [2.24, 2.45) is 0 Å².